The Morgan fingerprint density at radius 2 is 1.94 bits per heavy atom. The van der Waals surface area contributed by atoms with Crippen LogP contribution in [0, 0.1) is 0 Å². The van der Waals surface area contributed by atoms with Crippen LogP contribution in [-0.2, 0) is 13.0 Å². The van der Waals surface area contributed by atoms with E-state index in [-0.39, 0.29) is 30.0 Å². The Hall–Kier alpha value is -3.88. The highest BCUT2D eigenvalue weighted by atomic mass is 16.2. The van der Waals surface area contributed by atoms with E-state index < -0.39 is 0 Å². The monoisotopic (exact) mass is 444 g/mol. The number of aromatic amines is 1. The van der Waals surface area contributed by atoms with Gasteiger partial charge in [0, 0.05) is 37.2 Å². The summed E-state index contributed by atoms with van der Waals surface area (Å²) in [5, 5.41) is 0. The lowest BCUT2D eigenvalue weighted by Gasteiger charge is -2.35. The van der Waals surface area contributed by atoms with Crippen LogP contribution in [0.2, 0.25) is 0 Å². The minimum atomic E-state index is -0.337. The fraction of sp³-hybridized carbons (Fsp3) is 0.333. The summed E-state index contributed by atoms with van der Waals surface area (Å²) in [5.41, 5.74) is 1.88. The summed E-state index contributed by atoms with van der Waals surface area (Å²) >= 11 is 0. The minimum Gasteiger partial charge on any atom is -0.332 e. The Kier molecular flexibility index (Phi) is 5.68. The normalized spacial score (nSPS) is 18.0. The molecule has 3 aromatic heterocycles. The van der Waals surface area contributed by atoms with Crippen LogP contribution in [0.25, 0.3) is 0 Å². The van der Waals surface area contributed by atoms with Crippen molar-refractivity contribution in [2.75, 3.05) is 13.1 Å². The second-order valence-electron chi connectivity index (χ2n) is 8.32. The van der Waals surface area contributed by atoms with Gasteiger partial charge >= 0.3 is 0 Å². The van der Waals surface area contributed by atoms with Gasteiger partial charge in [-0.1, -0.05) is 6.07 Å². The number of likely N-dealkylation sites (tertiary alicyclic amines) is 1. The Labute approximate surface area is 190 Å². The van der Waals surface area contributed by atoms with Gasteiger partial charge in [-0.15, -0.1) is 0 Å². The van der Waals surface area contributed by atoms with Gasteiger partial charge in [-0.05, 0) is 49.9 Å². The third-order valence-corrected chi connectivity index (χ3v) is 6.25. The highest BCUT2D eigenvalue weighted by Crippen LogP contribution is 2.30. The fourth-order valence-corrected chi connectivity index (χ4v) is 4.56. The molecule has 2 aliphatic rings. The van der Waals surface area contributed by atoms with Crippen molar-refractivity contribution in [3.05, 3.63) is 87.6 Å². The first-order chi connectivity index (χ1) is 16.1. The van der Waals surface area contributed by atoms with E-state index in [2.05, 4.69) is 15.0 Å². The SMILES string of the molecule is O=C(c1cccnc1)N1CCc2c(nc([C@H]3CCCCN3C(=O)c3ccccn3)[nH]c2=O)C1. The predicted octanol–water partition coefficient (Wildman–Crippen LogP) is 2.13. The second-order valence-corrected chi connectivity index (χ2v) is 8.32. The van der Waals surface area contributed by atoms with E-state index in [1.165, 1.54) is 6.20 Å². The highest BCUT2D eigenvalue weighted by Gasteiger charge is 2.33. The van der Waals surface area contributed by atoms with E-state index in [4.69, 9.17) is 4.98 Å². The molecular formula is C24H24N6O3. The average Bonchev–Trinajstić information content (AvgIpc) is 2.88. The third-order valence-electron chi connectivity index (χ3n) is 6.25. The molecule has 2 aliphatic heterocycles. The molecule has 0 bridgehead atoms. The number of hydrogen-bond acceptors (Lipinski definition) is 6. The summed E-state index contributed by atoms with van der Waals surface area (Å²) in [4.78, 5) is 58.3. The summed E-state index contributed by atoms with van der Waals surface area (Å²) in [6, 6.07) is 8.36. The van der Waals surface area contributed by atoms with E-state index in [9.17, 15) is 14.4 Å². The molecule has 1 fully saturated rings. The summed E-state index contributed by atoms with van der Waals surface area (Å²) in [7, 11) is 0. The zero-order valence-corrected chi connectivity index (χ0v) is 18.1. The number of amides is 2. The molecule has 33 heavy (non-hydrogen) atoms. The maximum Gasteiger partial charge on any atom is 0.273 e. The van der Waals surface area contributed by atoms with Gasteiger partial charge in [0.05, 0.1) is 23.8 Å². The molecule has 2 amide bonds. The lowest BCUT2D eigenvalue weighted by Crippen LogP contribution is -2.42. The van der Waals surface area contributed by atoms with Gasteiger partial charge in [0.25, 0.3) is 17.4 Å². The molecule has 5 rings (SSSR count). The van der Waals surface area contributed by atoms with Crippen molar-refractivity contribution in [3.8, 4) is 0 Å². The Morgan fingerprint density at radius 3 is 2.73 bits per heavy atom. The van der Waals surface area contributed by atoms with Crippen LogP contribution in [0.4, 0.5) is 0 Å². The van der Waals surface area contributed by atoms with Gasteiger partial charge in [0.1, 0.15) is 11.5 Å². The molecule has 5 heterocycles. The lowest BCUT2D eigenvalue weighted by atomic mass is 9.99. The number of nitrogens with one attached hydrogen (secondary N) is 1. The van der Waals surface area contributed by atoms with E-state index in [1.807, 2.05) is 0 Å². The molecule has 0 unspecified atom stereocenters. The van der Waals surface area contributed by atoms with Crippen molar-refractivity contribution in [2.45, 2.75) is 38.3 Å². The molecule has 1 atom stereocenters. The number of carbonyl (C=O) groups excluding carboxylic acids is 2. The summed E-state index contributed by atoms with van der Waals surface area (Å²) in [5.74, 6) is 0.162. The van der Waals surface area contributed by atoms with E-state index >= 15 is 0 Å². The van der Waals surface area contributed by atoms with Crippen molar-refractivity contribution < 1.29 is 9.59 Å². The Morgan fingerprint density at radius 1 is 1.03 bits per heavy atom. The standard InChI is InChI=1S/C24H24N6O3/c31-22-17-9-13-29(23(32)16-6-5-10-25-14-16)15-19(17)27-21(28-22)20-8-2-4-12-30(20)24(33)18-7-1-3-11-26-18/h1,3,5-7,10-11,14,20H,2,4,8-9,12-13,15H2,(H,27,28,31)/t20-/m1/s1. The van der Waals surface area contributed by atoms with Crippen LogP contribution >= 0.6 is 0 Å². The van der Waals surface area contributed by atoms with Crippen LogP contribution in [0.3, 0.4) is 0 Å². The van der Waals surface area contributed by atoms with E-state index in [1.54, 1.807) is 52.5 Å². The molecule has 9 heteroatoms. The van der Waals surface area contributed by atoms with Crippen LogP contribution in [0.1, 0.15) is 63.2 Å². The number of aromatic nitrogens is 4. The maximum absolute atomic E-state index is 13.1. The van der Waals surface area contributed by atoms with Crippen molar-refractivity contribution >= 4 is 11.8 Å². The largest absolute Gasteiger partial charge is 0.332 e. The molecule has 168 valence electrons. The number of carbonyl (C=O) groups is 2. The van der Waals surface area contributed by atoms with Crippen molar-refractivity contribution in [1.82, 2.24) is 29.7 Å². The molecule has 0 spiro atoms. The molecule has 0 aromatic carbocycles. The Bertz CT molecular complexity index is 1230. The summed E-state index contributed by atoms with van der Waals surface area (Å²) < 4.78 is 0. The number of H-pyrrole nitrogens is 1. The molecular weight excluding hydrogens is 420 g/mol. The number of fused-ring (bicyclic) bond motifs is 1. The van der Waals surface area contributed by atoms with Crippen LogP contribution in [0.15, 0.2) is 53.7 Å². The van der Waals surface area contributed by atoms with E-state index in [0.717, 1.165) is 12.8 Å². The van der Waals surface area contributed by atoms with Gasteiger partial charge in [0.2, 0.25) is 0 Å². The third kappa shape index (κ3) is 4.13. The zero-order valence-electron chi connectivity index (χ0n) is 18.1. The van der Waals surface area contributed by atoms with Crippen LogP contribution in [0.5, 0.6) is 0 Å². The van der Waals surface area contributed by atoms with Crippen molar-refractivity contribution in [2.24, 2.45) is 0 Å². The second kappa shape index (κ2) is 8.93. The number of hydrogen-bond donors (Lipinski definition) is 1. The smallest absolute Gasteiger partial charge is 0.273 e. The topological polar surface area (TPSA) is 112 Å². The van der Waals surface area contributed by atoms with Gasteiger partial charge < -0.3 is 14.8 Å². The molecule has 3 aromatic rings. The first-order valence-corrected chi connectivity index (χ1v) is 11.1. The number of piperidine rings is 1. The van der Waals surface area contributed by atoms with Gasteiger partial charge in [-0.2, -0.15) is 0 Å². The van der Waals surface area contributed by atoms with Gasteiger partial charge in [-0.25, -0.2) is 4.98 Å². The van der Waals surface area contributed by atoms with Crippen molar-refractivity contribution in [1.29, 1.82) is 0 Å². The van der Waals surface area contributed by atoms with Crippen LogP contribution < -0.4 is 5.56 Å². The first-order valence-electron chi connectivity index (χ1n) is 11.1. The zero-order chi connectivity index (χ0) is 22.8. The van der Waals surface area contributed by atoms with Crippen molar-refractivity contribution in [3.63, 3.8) is 0 Å². The number of rotatable bonds is 3. The van der Waals surface area contributed by atoms with Gasteiger partial charge in [0.15, 0.2) is 0 Å². The average molecular weight is 444 g/mol. The molecule has 0 radical (unpaired) electrons. The summed E-state index contributed by atoms with van der Waals surface area (Å²) in [6.07, 6.45) is 7.72. The number of pyridine rings is 2. The molecule has 1 N–H and O–H groups in total. The first kappa shape index (κ1) is 21.0. The van der Waals surface area contributed by atoms with E-state index in [0.29, 0.717) is 54.3 Å². The maximum atomic E-state index is 13.1. The quantitative estimate of drug-likeness (QED) is 0.662. The molecule has 0 saturated carbocycles. The highest BCUT2D eigenvalue weighted by molar-refractivity contribution is 5.94. The fourth-order valence-electron chi connectivity index (χ4n) is 4.56. The molecule has 1 saturated heterocycles. The lowest BCUT2D eigenvalue weighted by molar-refractivity contribution is 0.0592. The van der Waals surface area contributed by atoms with Gasteiger partial charge in [-0.3, -0.25) is 24.4 Å². The number of nitrogens with zero attached hydrogens (tertiary/aromatic N) is 5. The molecule has 9 nitrogen and oxygen atoms in total. The summed E-state index contributed by atoms with van der Waals surface area (Å²) in [6.45, 7) is 1.27. The molecule has 0 aliphatic carbocycles. The Balaban J connectivity index is 1.44. The van der Waals surface area contributed by atoms with Crippen LogP contribution in [-0.4, -0.2) is 54.6 Å². The minimum absolute atomic E-state index is 0.137. The predicted molar refractivity (Wildman–Crippen MR) is 119 cm³/mol.